The van der Waals surface area contributed by atoms with Crippen LogP contribution < -0.4 is 10.6 Å². The fourth-order valence-electron chi connectivity index (χ4n) is 2.87. The number of hydrogen-bond donors (Lipinski definition) is 2. The van der Waals surface area contributed by atoms with E-state index in [-0.39, 0.29) is 11.6 Å². The Hall–Kier alpha value is -2.15. The second kappa shape index (κ2) is 9.22. The number of carbonyl (C=O) groups is 1. The molecule has 1 amide bonds. The lowest BCUT2D eigenvalue weighted by molar-refractivity contribution is -0.383. The molecule has 1 aromatic carbocycles. The molecule has 1 fully saturated rings. The van der Waals surface area contributed by atoms with Crippen LogP contribution in [0.25, 0.3) is 0 Å². The van der Waals surface area contributed by atoms with Crippen LogP contribution in [-0.4, -0.2) is 41.9 Å². The first kappa shape index (κ1) is 18.2. The Balaban J connectivity index is 1.91. The highest BCUT2D eigenvalue weighted by Crippen LogP contribution is 2.27. The van der Waals surface area contributed by atoms with E-state index in [0.717, 1.165) is 26.1 Å². The molecule has 132 valence electrons. The second-order valence-corrected chi connectivity index (χ2v) is 6.07. The van der Waals surface area contributed by atoms with E-state index in [1.54, 1.807) is 19.1 Å². The van der Waals surface area contributed by atoms with Crippen LogP contribution in [0.2, 0.25) is 0 Å². The SMILES string of the molecule is CCC(=O)Nc1ccc([N+](=O)[O-])c(NCCCN2CCCCC2)c1. The van der Waals surface area contributed by atoms with Crippen LogP contribution in [-0.2, 0) is 4.79 Å². The third-order valence-electron chi connectivity index (χ3n) is 4.21. The van der Waals surface area contributed by atoms with Crippen molar-refractivity contribution in [3.63, 3.8) is 0 Å². The summed E-state index contributed by atoms with van der Waals surface area (Å²) in [6.45, 7) is 5.74. The zero-order valence-electron chi connectivity index (χ0n) is 14.2. The number of rotatable bonds is 8. The van der Waals surface area contributed by atoms with Crippen LogP contribution in [0.4, 0.5) is 17.1 Å². The zero-order valence-corrected chi connectivity index (χ0v) is 14.2. The van der Waals surface area contributed by atoms with Crippen molar-refractivity contribution in [1.82, 2.24) is 4.90 Å². The minimum Gasteiger partial charge on any atom is -0.379 e. The molecule has 0 aromatic heterocycles. The van der Waals surface area contributed by atoms with Gasteiger partial charge in [-0.3, -0.25) is 14.9 Å². The van der Waals surface area contributed by atoms with E-state index in [2.05, 4.69) is 15.5 Å². The molecule has 1 saturated heterocycles. The van der Waals surface area contributed by atoms with Crippen molar-refractivity contribution in [2.24, 2.45) is 0 Å². The number of likely N-dealkylation sites (tertiary alicyclic amines) is 1. The molecular weight excluding hydrogens is 308 g/mol. The molecule has 7 nitrogen and oxygen atoms in total. The van der Waals surface area contributed by atoms with E-state index in [1.165, 1.54) is 25.3 Å². The summed E-state index contributed by atoms with van der Waals surface area (Å²) in [4.78, 5) is 24.7. The largest absolute Gasteiger partial charge is 0.379 e. The highest BCUT2D eigenvalue weighted by Gasteiger charge is 2.15. The van der Waals surface area contributed by atoms with Crippen LogP contribution in [0.1, 0.15) is 39.0 Å². The summed E-state index contributed by atoms with van der Waals surface area (Å²) in [6.07, 6.45) is 5.14. The van der Waals surface area contributed by atoms with Gasteiger partial charge in [0.1, 0.15) is 5.69 Å². The van der Waals surface area contributed by atoms with E-state index in [1.807, 2.05) is 0 Å². The average molecular weight is 334 g/mol. The second-order valence-electron chi connectivity index (χ2n) is 6.07. The summed E-state index contributed by atoms with van der Waals surface area (Å²) in [6, 6.07) is 4.62. The maximum absolute atomic E-state index is 11.5. The number of nitro benzene ring substituents is 1. The molecule has 7 heteroatoms. The van der Waals surface area contributed by atoms with Gasteiger partial charge in [-0.1, -0.05) is 13.3 Å². The summed E-state index contributed by atoms with van der Waals surface area (Å²) in [5.41, 5.74) is 1.06. The Bertz CT molecular complexity index is 571. The molecule has 1 aliphatic heterocycles. The van der Waals surface area contributed by atoms with E-state index in [4.69, 9.17) is 0 Å². The first-order chi connectivity index (χ1) is 11.6. The molecule has 2 N–H and O–H groups in total. The van der Waals surface area contributed by atoms with Gasteiger partial charge in [0.15, 0.2) is 0 Å². The first-order valence-electron chi connectivity index (χ1n) is 8.64. The number of benzene rings is 1. The van der Waals surface area contributed by atoms with Crippen molar-refractivity contribution in [2.75, 3.05) is 36.8 Å². The molecular formula is C17H26N4O3. The monoisotopic (exact) mass is 334 g/mol. The van der Waals surface area contributed by atoms with Crippen LogP contribution in [0.3, 0.4) is 0 Å². The van der Waals surface area contributed by atoms with Gasteiger partial charge in [-0.15, -0.1) is 0 Å². The molecule has 1 aromatic rings. The smallest absolute Gasteiger partial charge is 0.292 e. The van der Waals surface area contributed by atoms with Crippen molar-refractivity contribution in [2.45, 2.75) is 39.0 Å². The quantitative estimate of drug-likeness (QED) is 0.433. The Kier molecular flexibility index (Phi) is 6.99. The van der Waals surface area contributed by atoms with E-state index in [9.17, 15) is 14.9 Å². The lowest BCUT2D eigenvalue weighted by atomic mass is 10.1. The summed E-state index contributed by atoms with van der Waals surface area (Å²) in [5.74, 6) is -0.111. The predicted octanol–water partition coefficient (Wildman–Crippen LogP) is 3.23. The molecule has 0 radical (unpaired) electrons. The number of hydrogen-bond acceptors (Lipinski definition) is 5. The van der Waals surface area contributed by atoms with Gasteiger partial charge in [0.2, 0.25) is 5.91 Å². The third kappa shape index (κ3) is 5.49. The average Bonchev–Trinajstić information content (AvgIpc) is 2.59. The van der Waals surface area contributed by atoms with Gasteiger partial charge in [0.05, 0.1) is 4.92 Å². The van der Waals surface area contributed by atoms with Crippen molar-refractivity contribution in [1.29, 1.82) is 0 Å². The van der Waals surface area contributed by atoms with Crippen LogP contribution in [0, 0.1) is 10.1 Å². The highest BCUT2D eigenvalue weighted by atomic mass is 16.6. The molecule has 1 heterocycles. The molecule has 0 saturated carbocycles. The van der Waals surface area contributed by atoms with Crippen molar-refractivity contribution < 1.29 is 9.72 Å². The van der Waals surface area contributed by atoms with Gasteiger partial charge < -0.3 is 15.5 Å². The van der Waals surface area contributed by atoms with Gasteiger partial charge in [-0.2, -0.15) is 0 Å². The number of nitrogens with zero attached hydrogens (tertiary/aromatic N) is 2. The molecule has 1 aliphatic rings. The lowest BCUT2D eigenvalue weighted by Gasteiger charge is -2.26. The first-order valence-corrected chi connectivity index (χ1v) is 8.64. The molecule has 0 unspecified atom stereocenters. The lowest BCUT2D eigenvalue weighted by Crippen LogP contribution is -2.31. The summed E-state index contributed by atoms with van der Waals surface area (Å²) in [7, 11) is 0. The van der Waals surface area contributed by atoms with Crippen LogP contribution >= 0.6 is 0 Å². The highest BCUT2D eigenvalue weighted by molar-refractivity contribution is 5.91. The van der Waals surface area contributed by atoms with Gasteiger partial charge in [-0.25, -0.2) is 0 Å². The van der Waals surface area contributed by atoms with Crippen molar-refractivity contribution in [3.05, 3.63) is 28.3 Å². The third-order valence-corrected chi connectivity index (χ3v) is 4.21. The van der Waals surface area contributed by atoms with E-state index >= 15 is 0 Å². The molecule has 0 atom stereocenters. The number of nitrogens with one attached hydrogen (secondary N) is 2. The van der Waals surface area contributed by atoms with Crippen LogP contribution in [0.5, 0.6) is 0 Å². The maximum Gasteiger partial charge on any atom is 0.292 e. The Morgan fingerprint density at radius 3 is 2.71 bits per heavy atom. The van der Waals surface area contributed by atoms with Gasteiger partial charge in [0, 0.05) is 24.7 Å². The fourth-order valence-corrected chi connectivity index (χ4v) is 2.87. The van der Waals surface area contributed by atoms with E-state index in [0.29, 0.717) is 24.3 Å². The molecule has 24 heavy (non-hydrogen) atoms. The number of nitro groups is 1. The number of anilines is 2. The molecule has 2 rings (SSSR count). The molecule has 0 bridgehead atoms. The van der Waals surface area contributed by atoms with Crippen LogP contribution in [0.15, 0.2) is 18.2 Å². The summed E-state index contributed by atoms with van der Waals surface area (Å²) < 4.78 is 0. The normalized spacial score (nSPS) is 15.0. The topological polar surface area (TPSA) is 87.5 Å². The van der Waals surface area contributed by atoms with Gasteiger partial charge >= 0.3 is 0 Å². The Morgan fingerprint density at radius 2 is 2.04 bits per heavy atom. The van der Waals surface area contributed by atoms with E-state index < -0.39 is 4.92 Å². The molecule has 0 aliphatic carbocycles. The Morgan fingerprint density at radius 1 is 1.29 bits per heavy atom. The maximum atomic E-state index is 11.5. The Labute approximate surface area is 142 Å². The number of carbonyl (C=O) groups excluding carboxylic acids is 1. The fraction of sp³-hybridized carbons (Fsp3) is 0.588. The summed E-state index contributed by atoms with van der Waals surface area (Å²) in [5, 5.41) is 17.0. The van der Waals surface area contributed by atoms with Gasteiger partial charge in [-0.05, 0) is 51.0 Å². The number of piperidine rings is 1. The minimum atomic E-state index is -0.404. The predicted molar refractivity (Wildman–Crippen MR) is 95.4 cm³/mol. The van der Waals surface area contributed by atoms with Gasteiger partial charge in [0.25, 0.3) is 5.69 Å². The standard InChI is InChI=1S/C17H26N4O3/c1-2-17(22)19-14-7-8-16(21(23)24)15(13-14)18-9-6-12-20-10-4-3-5-11-20/h7-8,13,18H,2-6,9-12H2,1H3,(H,19,22). The van der Waals surface area contributed by atoms with Crippen molar-refractivity contribution >= 4 is 23.0 Å². The minimum absolute atomic E-state index is 0.0301. The zero-order chi connectivity index (χ0) is 17.4. The number of amides is 1. The molecule has 0 spiro atoms. The summed E-state index contributed by atoms with van der Waals surface area (Å²) >= 11 is 0. The van der Waals surface area contributed by atoms with Crippen molar-refractivity contribution in [3.8, 4) is 0 Å².